The first-order valence-electron chi connectivity index (χ1n) is 6.95. The van der Waals surface area contributed by atoms with Crippen molar-refractivity contribution >= 4 is 22.6 Å². The van der Waals surface area contributed by atoms with E-state index in [1.54, 1.807) is 18.2 Å². The normalized spacial score (nSPS) is 13.3. The highest BCUT2D eigenvalue weighted by Crippen LogP contribution is 2.35. The summed E-state index contributed by atoms with van der Waals surface area (Å²) in [6, 6.07) is 16.4. The summed E-state index contributed by atoms with van der Waals surface area (Å²) in [6.45, 7) is 0. The van der Waals surface area contributed by atoms with Crippen LogP contribution in [0.25, 0.3) is 28.0 Å². The van der Waals surface area contributed by atoms with Crippen LogP contribution in [0.2, 0.25) is 0 Å². The fraction of sp³-hybridized carbons (Fsp3) is 0. The third-order valence-electron chi connectivity index (χ3n) is 3.98. The zero-order valence-electron chi connectivity index (χ0n) is 11.6. The molecule has 4 rings (SSSR count). The van der Waals surface area contributed by atoms with E-state index in [1.807, 2.05) is 36.4 Å². The van der Waals surface area contributed by atoms with Gasteiger partial charge in [0, 0.05) is 10.9 Å². The van der Waals surface area contributed by atoms with Crippen molar-refractivity contribution in [2.45, 2.75) is 0 Å². The van der Waals surface area contributed by atoms with Crippen LogP contribution in [0.1, 0.15) is 15.9 Å². The van der Waals surface area contributed by atoms with E-state index < -0.39 is 0 Å². The second kappa shape index (κ2) is 4.46. The summed E-state index contributed by atoms with van der Waals surface area (Å²) in [6.07, 6.45) is 1.52. The highest BCUT2D eigenvalue weighted by Gasteiger charge is 2.21. The predicted octanol–water partition coefficient (Wildman–Crippen LogP) is 4.31. The van der Waals surface area contributed by atoms with Gasteiger partial charge in [-0.25, -0.2) is 0 Å². The Labute approximate surface area is 126 Å². The average molecular weight is 288 g/mol. The van der Waals surface area contributed by atoms with Crippen LogP contribution in [0.15, 0.2) is 60.4 Å². The predicted molar refractivity (Wildman–Crippen MR) is 86.0 cm³/mol. The molecule has 0 radical (unpaired) electrons. The number of hydrogen-bond acceptors (Lipinski definition) is 3. The van der Waals surface area contributed by atoms with E-state index >= 15 is 0 Å². The van der Waals surface area contributed by atoms with Gasteiger partial charge in [-0.3, -0.25) is 4.79 Å². The van der Waals surface area contributed by atoms with Crippen molar-refractivity contribution in [3.8, 4) is 16.9 Å². The maximum atomic E-state index is 12.0. The zero-order chi connectivity index (χ0) is 15.3. The molecular weight excluding hydrogens is 276 g/mol. The van der Waals surface area contributed by atoms with Crippen molar-refractivity contribution in [1.82, 2.24) is 0 Å². The van der Waals surface area contributed by atoms with E-state index in [-0.39, 0.29) is 17.3 Å². The number of aromatic hydroxyl groups is 1. The molecule has 0 saturated carbocycles. The molecule has 0 bridgehead atoms. The Morgan fingerprint density at radius 3 is 2.36 bits per heavy atom. The minimum absolute atomic E-state index is 0.219. The minimum atomic E-state index is -0.338. The number of phenols is 1. The Balaban J connectivity index is 2.02. The van der Waals surface area contributed by atoms with Gasteiger partial charge in [-0.15, -0.1) is 0 Å². The van der Waals surface area contributed by atoms with E-state index in [1.165, 1.54) is 6.08 Å². The third-order valence-corrected chi connectivity index (χ3v) is 3.98. The third kappa shape index (κ3) is 1.79. The molecule has 3 aromatic rings. The molecular formula is C19H12O3. The van der Waals surface area contributed by atoms with Crippen LogP contribution >= 0.6 is 0 Å². The number of aliphatic hydroxyl groups excluding tert-OH is 1. The number of ketones is 1. The number of phenolic OH excluding ortho intramolecular Hbond substituents is 1. The number of carbonyl (C=O) groups is 1. The number of rotatable bonds is 1. The standard InChI is InChI=1S/C19H12O3/c20-15-6-4-11(5-7-15)13-8-12-2-1-3-16-18(12)14(9-13)10-17(21)19(16)22/h1-10,20-21H. The molecule has 2 N–H and O–H groups in total. The maximum Gasteiger partial charge on any atom is 0.227 e. The number of allylic oxidation sites excluding steroid dienone is 1. The number of Topliss-reactive ketones (excluding diaryl/α,β-unsaturated/α-hetero) is 1. The molecule has 1 aliphatic rings. The molecule has 0 aliphatic heterocycles. The summed E-state index contributed by atoms with van der Waals surface area (Å²) >= 11 is 0. The van der Waals surface area contributed by atoms with Crippen molar-refractivity contribution in [1.29, 1.82) is 0 Å². The SMILES string of the molecule is O=C1C(O)=Cc2cc(-c3ccc(O)cc3)cc3cccc1c23. The van der Waals surface area contributed by atoms with Crippen molar-refractivity contribution in [2.75, 3.05) is 0 Å². The van der Waals surface area contributed by atoms with Crippen LogP contribution < -0.4 is 0 Å². The summed E-state index contributed by atoms with van der Waals surface area (Å²) in [7, 11) is 0. The van der Waals surface area contributed by atoms with Gasteiger partial charge in [0.2, 0.25) is 5.78 Å². The minimum Gasteiger partial charge on any atom is -0.508 e. The van der Waals surface area contributed by atoms with E-state index in [0.717, 1.165) is 27.5 Å². The second-order valence-electron chi connectivity index (χ2n) is 5.37. The summed E-state index contributed by atoms with van der Waals surface area (Å²) in [4.78, 5) is 12.0. The van der Waals surface area contributed by atoms with Gasteiger partial charge in [0.1, 0.15) is 5.75 Å². The van der Waals surface area contributed by atoms with Crippen LogP contribution in [0.4, 0.5) is 0 Å². The second-order valence-corrected chi connectivity index (χ2v) is 5.37. The molecule has 0 heterocycles. The first-order chi connectivity index (χ1) is 10.6. The Bertz CT molecular complexity index is 950. The molecule has 22 heavy (non-hydrogen) atoms. The maximum absolute atomic E-state index is 12.0. The van der Waals surface area contributed by atoms with E-state index in [9.17, 15) is 15.0 Å². The Morgan fingerprint density at radius 2 is 1.59 bits per heavy atom. The highest BCUT2D eigenvalue weighted by atomic mass is 16.3. The average Bonchev–Trinajstić information content (AvgIpc) is 2.53. The van der Waals surface area contributed by atoms with Crippen LogP contribution in [0.5, 0.6) is 5.75 Å². The monoisotopic (exact) mass is 288 g/mol. The summed E-state index contributed by atoms with van der Waals surface area (Å²) in [5.74, 6) is -0.352. The molecule has 3 aromatic carbocycles. The largest absolute Gasteiger partial charge is 0.508 e. The molecule has 3 nitrogen and oxygen atoms in total. The fourth-order valence-corrected chi connectivity index (χ4v) is 2.94. The van der Waals surface area contributed by atoms with Crippen LogP contribution in [0, 0.1) is 0 Å². The molecule has 106 valence electrons. The van der Waals surface area contributed by atoms with Gasteiger partial charge in [-0.1, -0.05) is 30.3 Å². The quantitative estimate of drug-likeness (QED) is 0.701. The first-order valence-corrected chi connectivity index (χ1v) is 6.95. The number of aliphatic hydroxyl groups is 1. The summed E-state index contributed by atoms with van der Waals surface area (Å²) in [5, 5.41) is 21.1. The molecule has 0 atom stereocenters. The molecule has 0 amide bonds. The van der Waals surface area contributed by atoms with Crippen molar-refractivity contribution in [3.63, 3.8) is 0 Å². The lowest BCUT2D eigenvalue weighted by atomic mass is 9.88. The lowest BCUT2D eigenvalue weighted by molar-refractivity contribution is 0.0981. The van der Waals surface area contributed by atoms with E-state index in [2.05, 4.69) is 0 Å². The van der Waals surface area contributed by atoms with Gasteiger partial charge in [-0.05, 0) is 52.4 Å². The fourth-order valence-electron chi connectivity index (χ4n) is 2.94. The summed E-state index contributed by atoms with van der Waals surface area (Å²) in [5.41, 5.74) is 3.29. The van der Waals surface area contributed by atoms with Crippen molar-refractivity contribution in [2.24, 2.45) is 0 Å². The Morgan fingerprint density at radius 1 is 0.818 bits per heavy atom. The van der Waals surface area contributed by atoms with Crippen LogP contribution in [-0.4, -0.2) is 16.0 Å². The van der Waals surface area contributed by atoms with Crippen molar-refractivity contribution in [3.05, 3.63) is 71.5 Å². The molecule has 3 heteroatoms. The number of hydrogen-bond donors (Lipinski definition) is 2. The van der Waals surface area contributed by atoms with Gasteiger partial charge in [-0.2, -0.15) is 0 Å². The topological polar surface area (TPSA) is 57.5 Å². The molecule has 0 unspecified atom stereocenters. The molecule has 0 saturated heterocycles. The lowest BCUT2D eigenvalue weighted by Gasteiger charge is -2.15. The van der Waals surface area contributed by atoms with E-state index in [0.29, 0.717) is 5.56 Å². The Hall–Kier alpha value is -3.07. The zero-order valence-corrected chi connectivity index (χ0v) is 11.6. The number of carbonyl (C=O) groups excluding carboxylic acids is 1. The van der Waals surface area contributed by atoms with E-state index in [4.69, 9.17) is 0 Å². The molecule has 1 aliphatic carbocycles. The molecule has 0 aromatic heterocycles. The smallest absolute Gasteiger partial charge is 0.227 e. The highest BCUT2D eigenvalue weighted by molar-refractivity contribution is 6.22. The lowest BCUT2D eigenvalue weighted by Crippen LogP contribution is -2.08. The van der Waals surface area contributed by atoms with Crippen molar-refractivity contribution < 1.29 is 15.0 Å². The van der Waals surface area contributed by atoms with Crippen LogP contribution in [-0.2, 0) is 0 Å². The molecule has 0 spiro atoms. The van der Waals surface area contributed by atoms with Gasteiger partial charge in [0.25, 0.3) is 0 Å². The Kier molecular flexibility index (Phi) is 2.57. The number of benzene rings is 3. The first kappa shape index (κ1) is 12.7. The summed E-state index contributed by atoms with van der Waals surface area (Å²) < 4.78 is 0. The van der Waals surface area contributed by atoms with Gasteiger partial charge >= 0.3 is 0 Å². The van der Waals surface area contributed by atoms with Gasteiger partial charge < -0.3 is 10.2 Å². The van der Waals surface area contributed by atoms with Gasteiger partial charge in [0.15, 0.2) is 5.76 Å². The van der Waals surface area contributed by atoms with Crippen LogP contribution in [0.3, 0.4) is 0 Å². The molecule has 0 fully saturated rings. The van der Waals surface area contributed by atoms with Gasteiger partial charge in [0.05, 0.1) is 0 Å².